The van der Waals surface area contributed by atoms with Crippen molar-refractivity contribution in [1.29, 1.82) is 0 Å². The second-order valence-electron chi connectivity index (χ2n) is 6.66. The Morgan fingerprint density at radius 1 is 1.15 bits per heavy atom. The Labute approximate surface area is 168 Å². The van der Waals surface area contributed by atoms with Gasteiger partial charge in [0.25, 0.3) is 0 Å². The summed E-state index contributed by atoms with van der Waals surface area (Å²) >= 11 is 12.3. The lowest BCUT2D eigenvalue weighted by atomic mass is 10.1. The number of benzene rings is 2. The van der Waals surface area contributed by atoms with Gasteiger partial charge in [-0.2, -0.15) is 0 Å². The Bertz CT molecular complexity index is 837. The number of primary amides is 1. The highest BCUT2D eigenvalue weighted by Crippen LogP contribution is 2.25. The number of rotatable bonds is 6. The molecule has 2 aromatic rings. The van der Waals surface area contributed by atoms with Crippen molar-refractivity contribution in [3.63, 3.8) is 0 Å². The summed E-state index contributed by atoms with van der Waals surface area (Å²) in [7, 11) is 0. The summed E-state index contributed by atoms with van der Waals surface area (Å²) in [5, 5.41) is 3.82. The van der Waals surface area contributed by atoms with E-state index in [0.717, 1.165) is 24.9 Å². The highest BCUT2D eigenvalue weighted by Gasteiger charge is 2.28. The van der Waals surface area contributed by atoms with E-state index in [1.807, 2.05) is 24.3 Å². The molecule has 1 atom stereocenters. The largest absolute Gasteiger partial charge is 0.368 e. The number of hydrogen-bond acceptors (Lipinski definition) is 3. The zero-order valence-corrected chi connectivity index (χ0v) is 16.3. The minimum absolute atomic E-state index is 0.0958. The van der Waals surface area contributed by atoms with Gasteiger partial charge in [0.15, 0.2) is 0 Å². The molecule has 1 fully saturated rings. The van der Waals surface area contributed by atoms with Crippen LogP contribution < -0.4 is 11.1 Å². The Kier molecular flexibility index (Phi) is 6.37. The standard InChI is InChI=1S/C20H21Cl2N3O2/c21-16-6-2-7-17(22)15(16)11-19(26)24-14-5-1-4-13(10-14)12-25-9-3-8-18(25)20(23)27/h1-2,4-7,10,18H,3,8-9,11-12H2,(H2,23,27)(H,24,26). The van der Waals surface area contributed by atoms with E-state index < -0.39 is 0 Å². The number of nitrogens with one attached hydrogen (secondary N) is 1. The van der Waals surface area contributed by atoms with Crippen molar-refractivity contribution in [2.24, 2.45) is 5.73 Å². The molecule has 1 unspecified atom stereocenters. The molecule has 0 radical (unpaired) electrons. The first-order chi connectivity index (χ1) is 12.9. The van der Waals surface area contributed by atoms with Crippen molar-refractivity contribution in [3.05, 3.63) is 63.6 Å². The second-order valence-corrected chi connectivity index (χ2v) is 7.47. The minimum atomic E-state index is -0.284. The number of nitrogens with zero attached hydrogens (tertiary/aromatic N) is 1. The summed E-state index contributed by atoms with van der Waals surface area (Å²) in [6.07, 6.45) is 1.85. The van der Waals surface area contributed by atoms with Crippen LogP contribution in [0.15, 0.2) is 42.5 Å². The summed E-state index contributed by atoms with van der Waals surface area (Å²) in [4.78, 5) is 26.0. The van der Waals surface area contributed by atoms with E-state index in [2.05, 4.69) is 10.2 Å². The van der Waals surface area contributed by atoms with Crippen molar-refractivity contribution in [3.8, 4) is 0 Å². The number of nitrogens with two attached hydrogens (primary N) is 1. The van der Waals surface area contributed by atoms with E-state index in [1.165, 1.54) is 0 Å². The molecule has 7 heteroatoms. The molecule has 1 saturated heterocycles. The highest BCUT2D eigenvalue weighted by molar-refractivity contribution is 6.36. The zero-order valence-electron chi connectivity index (χ0n) is 14.8. The lowest BCUT2D eigenvalue weighted by molar-refractivity contribution is -0.122. The Morgan fingerprint density at radius 3 is 2.56 bits per heavy atom. The number of anilines is 1. The predicted molar refractivity (Wildman–Crippen MR) is 108 cm³/mol. The van der Waals surface area contributed by atoms with E-state index in [9.17, 15) is 9.59 Å². The third-order valence-electron chi connectivity index (χ3n) is 4.69. The van der Waals surface area contributed by atoms with Crippen molar-refractivity contribution in [2.45, 2.75) is 31.8 Å². The van der Waals surface area contributed by atoms with Gasteiger partial charge in [-0.25, -0.2) is 0 Å². The van der Waals surface area contributed by atoms with Crippen molar-refractivity contribution >= 4 is 40.7 Å². The molecule has 3 N–H and O–H groups in total. The van der Waals surface area contributed by atoms with Crippen LogP contribution in [-0.4, -0.2) is 29.3 Å². The number of likely N-dealkylation sites (tertiary alicyclic amines) is 1. The zero-order chi connectivity index (χ0) is 19.4. The number of carbonyl (C=O) groups excluding carboxylic acids is 2. The maximum absolute atomic E-state index is 12.4. The Morgan fingerprint density at radius 2 is 1.85 bits per heavy atom. The monoisotopic (exact) mass is 405 g/mol. The van der Waals surface area contributed by atoms with Crippen molar-refractivity contribution < 1.29 is 9.59 Å². The summed E-state index contributed by atoms with van der Waals surface area (Å²) in [5.41, 5.74) is 7.78. The molecule has 0 spiro atoms. The van der Waals surface area contributed by atoms with Gasteiger partial charge in [-0.05, 0) is 54.8 Å². The summed E-state index contributed by atoms with van der Waals surface area (Å²) in [6.45, 7) is 1.46. The summed E-state index contributed by atoms with van der Waals surface area (Å²) < 4.78 is 0. The van der Waals surface area contributed by atoms with Gasteiger partial charge in [-0.15, -0.1) is 0 Å². The van der Waals surface area contributed by atoms with Crippen LogP contribution in [0.4, 0.5) is 5.69 Å². The third kappa shape index (κ3) is 5.01. The molecule has 5 nitrogen and oxygen atoms in total. The van der Waals surface area contributed by atoms with Gasteiger partial charge in [-0.3, -0.25) is 14.5 Å². The first kappa shape index (κ1) is 19.7. The molecule has 0 aromatic heterocycles. The topological polar surface area (TPSA) is 75.4 Å². The van der Waals surface area contributed by atoms with Crippen LogP contribution in [-0.2, 0) is 22.6 Å². The first-order valence-electron chi connectivity index (χ1n) is 8.79. The average Bonchev–Trinajstić information content (AvgIpc) is 3.07. The summed E-state index contributed by atoms with van der Waals surface area (Å²) in [5.74, 6) is -0.480. The summed E-state index contributed by atoms with van der Waals surface area (Å²) in [6, 6.07) is 12.5. The van der Waals surface area contributed by atoms with Crippen molar-refractivity contribution in [2.75, 3.05) is 11.9 Å². The number of amides is 2. The maximum Gasteiger partial charge on any atom is 0.234 e. The first-order valence-corrected chi connectivity index (χ1v) is 9.54. The molecule has 0 aliphatic carbocycles. The van der Waals surface area contributed by atoms with E-state index in [-0.39, 0.29) is 24.3 Å². The maximum atomic E-state index is 12.4. The van der Waals surface area contributed by atoms with Crippen molar-refractivity contribution in [1.82, 2.24) is 4.90 Å². The predicted octanol–water partition coefficient (Wildman–Crippen LogP) is 3.62. The average molecular weight is 406 g/mol. The molecular weight excluding hydrogens is 385 g/mol. The van der Waals surface area contributed by atoms with Crippen LogP contribution in [0.3, 0.4) is 0 Å². The van der Waals surface area contributed by atoms with Gasteiger partial charge >= 0.3 is 0 Å². The van der Waals surface area contributed by atoms with Crippen LogP contribution in [0.5, 0.6) is 0 Å². The van der Waals surface area contributed by atoms with E-state index in [4.69, 9.17) is 28.9 Å². The van der Waals surface area contributed by atoms with Crippen LogP contribution in [0.2, 0.25) is 10.0 Å². The highest BCUT2D eigenvalue weighted by atomic mass is 35.5. The molecule has 1 heterocycles. The number of halogens is 2. The van der Waals surface area contributed by atoms with Crippen LogP contribution in [0.1, 0.15) is 24.0 Å². The van der Waals surface area contributed by atoms with Gasteiger partial charge in [0.2, 0.25) is 11.8 Å². The molecule has 2 amide bonds. The SMILES string of the molecule is NC(=O)C1CCCN1Cc1cccc(NC(=O)Cc2c(Cl)cccc2Cl)c1. The fourth-order valence-electron chi connectivity index (χ4n) is 3.39. The van der Waals surface area contributed by atoms with Gasteiger partial charge in [0.1, 0.15) is 0 Å². The second kappa shape index (κ2) is 8.74. The lowest BCUT2D eigenvalue weighted by Gasteiger charge is -2.22. The lowest BCUT2D eigenvalue weighted by Crippen LogP contribution is -2.39. The minimum Gasteiger partial charge on any atom is -0.368 e. The van der Waals surface area contributed by atoms with E-state index >= 15 is 0 Å². The molecule has 0 saturated carbocycles. The van der Waals surface area contributed by atoms with Gasteiger partial charge in [0, 0.05) is 22.3 Å². The molecule has 1 aliphatic rings. The molecule has 0 bridgehead atoms. The van der Waals surface area contributed by atoms with Gasteiger partial charge < -0.3 is 11.1 Å². The number of carbonyl (C=O) groups is 2. The van der Waals surface area contributed by atoms with Crippen LogP contribution in [0.25, 0.3) is 0 Å². The molecule has 27 heavy (non-hydrogen) atoms. The van der Waals surface area contributed by atoms with E-state index in [0.29, 0.717) is 27.8 Å². The molecule has 142 valence electrons. The van der Waals surface area contributed by atoms with Gasteiger partial charge in [0.05, 0.1) is 12.5 Å². The van der Waals surface area contributed by atoms with E-state index in [1.54, 1.807) is 18.2 Å². The molecule has 1 aliphatic heterocycles. The van der Waals surface area contributed by atoms with Crippen LogP contribution >= 0.6 is 23.2 Å². The molecule has 2 aromatic carbocycles. The Balaban J connectivity index is 1.65. The normalized spacial score (nSPS) is 17.0. The molecule has 3 rings (SSSR count). The van der Waals surface area contributed by atoms with Crippen LogP contribution in [0, 0.1) is 0 Å². The van der Waals surface area contributed by atoms with Gasteiger partial charge in [-0.1, -0.05) is 41.4 Å². The smallest absolute Gasteiger partial charge is 0.234 e. The molecular formula is C20H21Cl2N3O2. The fourth-order valence-corrected chi connectivity index (χ4v) is 3.92. The third-order valence-corrected chi connectivity index (χ3v) is 5.40. The fraction of sp³-hybridized carbons (Fsp3) is 0.300. The quantitative estimate of drug-likeness (QED) is 0.770. The number of hydrogen-bond donors (Lipinski definition) is 2. The Hall–Kier alpha value is -2.08.